The number of alkyl halides is 3. The second-order valence-electron chi connectivity index (χ2n) is 6.05. The van der Waals surface area contributed by atoms with Crippen LogP contribution in [-0.4, -0.2) is 28.6 Å². The number of rotatable bonds is 6. The first-order valence-electron chi connectivity index (χ1n) is 8.47. The molecule has 2 aromatic heterocycles. The molecule has 6 nitrogen and oxygen atoms in total. The molecule has 0 fully saturated rings. The normalized spacial score (nSPS) is 11.5. The van der Waals surface area contributed by atoms with Gasteiger partial charge < -0.3 is 14.5 Å². The number of amides is 1. The van der Waals surface area contributed by atoms with Gasteiger partial charge in [0.25, 0.3) is 5.91 Å². The smallest absolute Gasteiger partial charge is 0.464 e. The molecule has 1 amide bonds. The van der Waals surface area contributed by atoms with E-state index in [1.807, 2.05) is 19.9 Å². The van der Waals surface area contributed by atoms with Crippen molar-refractivity contribution in [3.05, 3.63) is 59.6 Å². The molecule has 0 bridgehead atoms. The molecule has 3 aromatic rings. The highest BCUT2D eigenvalue weighted by Crippen LogP contribution is 2.27. The van der Waals surface area contributed by atoms with Crippen LogP contribution in [0.25, 0.3) is 11.3 Å². The summed E-state index contributed by atoms with van der Waals surface area (Å²) in [7, 11) is 0. The quantitative estimate of drug-likeness (QED) is 0.685. The summed E-state index contributed by atoms with van der Waals surface area (Å²) in [5.41, 5.74) is 2.33. The number of halogens is 3. The van der Waals surface area contributed by atoms with Crippen molar-refractivity contribution >= 4 is 5.91 Å². The van der Waals surface area contributed by atoms with E-state index in [-0.39, 0.29) is 12.1 Å². The topological polar surface area (TPSA) is 69.3 Å². The molecule has 148 valence electrons. The molecule has 9 heteroatoms. The Morgan fingerprint density at radius 3 is 2.64 bits per heavy atom. The Morgan fingerprint density at radius 2 is 1.96 bits per heavy atom. The second kappa shape index (κ2) is 7.79. The minimum absolute atomic E-state index is 0.179. The summed E-state index contributed by atoms with van der Waals surface area (Å²) in [5.74, 6) is -0.505. The third kappa shape index (κ3) is 4.36. The molecular weight excluding hydrogens is 375 g/mol. The maximum Gasteiger partial charge on any atom is 0.573 e. The van der Waals surface area contributed by atoms with Crippen molar-refractivity contribution in [2.45, 2.75) is 26.8 Å². The number of furan rings is 1. The third-order valence-electron chi connectivity index (χ3n) is 4.12. The van der Waals surface area contributed by atoms with E-state index in [9.17, 15) is 18.0 Å². The molecule has 3 rings (SSSR count). The Hall–Kier alpha value is -3.23. The largest absolute Gasteiger partial charge is 0.573 e. The van der Waals surface area contributed by atoms with Crippen molar-refractivity contribution in [2.24, 2.45) is 0 Å². The molecule has 0 saturated heterocycles. The van der Waals surface area contributed by atoms with Gasteiger partial charge in [-0.05, 0) is 38.1 Å². The van der Waals surface area contributed by atoms with Gasteiger partial charge in [-0.1, -0.05) is 12.1 Å². The van der Waals surface area contributed by atoms with Crippen LogP contribution in [0.3, 0.4) is 0 Å². The van der Waals surface area contributed by atoms with Crippen LogP contribution in [0.4, 0.5) is 13.2 Å². The third-order valence-corrected chi connectivity index (χ3v) is 4.12. The monoisotopic (exact) mass is 393 g/mol. The number of aryl methyl sites for hydroxylation is 1. The van der Waals surface area contributed by atoms with Crippen molar-refractivity contribution in [2.75, 3.05) is 6.54 Å². The molecule has 0 atom stereocenters. The zero-order valence-electron chi connectivity index (χ0n) is 15.2. The number of para-hydroxylation sites is 1. The highest BCUT2D eigenvalue weighted by atomic mass is 19.4. The van der Waals surface area contributed by atoms with Crippen molar-refractivity contribution < 1.29 is 27.1 Å². The number of hydrogen-bond donors (Lipinski definition) is 1. The lowest BCUT2D eigenvalue weighted by molar-refractivity contribution is -0.274. The number of hydrogen-bond acceptors (Lipinski definition) is 4. The fraction of sp³-hybridized carbons (Fsp3) is 0.263. The Kier molecular flexibility index (Phi) is 5.43. The van der Waals surface area contributed by atoms with Crippen LogP contribution in [0.5, 0.6) is 5.75 Å². The lowest BCUT2D eigenvalue weighted by Crippen LogP contribution is -2.29. The van der Waals surface area contributed by atoms with Crippen LogP contribution in [-0.2, 0) is 6.54 Å². The Morgan fingerprint density at radius 1 is 1.21 bits per heavy atom. The van der Waals surface area contributed by atoms with Gasteiger partial charge in [0.1, 0.15) is 11.5 Å². The summed E-state index contributed by atoms with van der Waals surface area (Å²) in [4.78, 5) is 12.3. The lowest BCUT2D eigenvalue weighted by atomic mass is 10.1. The van der Waals surface area contributed by atoms with Crippen molar-refractivity contribution in [3.8, 4) is 17.1 Å². The van der Waals surface area contributed by atoms with Crippen molar-refractivity contribution in [3.63, 3.8) is 0 Å². The number of ether oxygens (including phenoxy) is 1. The zero-order chi connectivity index (χ0) is 20.3. The molecule has 0 aliphatic rings. The van der Waals surface area contributed by atoms with E-state index in [0.29, 0.717) is 12.3 Å². The molecule has 1 aromatic carbocycles. The van der Waals surface area contributed by atoms with Gasteiger partial charge in [0, 0.05) is 12.2 Å². The minimum atomic E-state index is -4.87. The zero-order valence-corrected chi connectivity index (χ0v) is 15.2. The number of carbonyl (C=O) groups is 1. The number of aromatic nitrogens is 2. The molecule has 28 heavy (non-hydrogen) atoms. The average molecular weight is 393 g/mol. The van der Waals surface area contributed by atoms with Crippen LogP contribution in [0.2, 0.25) is 0 Å². The van der Waals surface area contributed by atoms with Crippen LogP contribution in [0, 0.1) is 13.8 Å². The van der Waals surface area contributed by atoms with Gasteiger partial charge in [0.15, 0.2) is 0 Å². The van der Waals surface area contributed by atoms with E-state index >= 15 is 0 Å². The number of benzene rings is 1. The van der Waals surface area contributed by atoms with Gasteiger partial charge in [0.05, 0.1) is 29.6 Å². The maximum atomic E-state index is 12.5. The van der Waals surface area contributed by atoms with Crippen molar-refractivity contribution in [1.82, 2.24) is 15.1 Å². The van der Waals surface area contributed by atoms with E-state index in [1.165, 1.54) is 18.2 Å². The van der Waals surface area contributed by atoms with Gasteiger partial charge in [-0.25, -0.2) is 0 Å². The van der Waals surface area contributed by atoms with E-state index < -0.39 is 18.0 Å². The summed E-state index contributed by atoms with van der Waals surface area (Å²) in [6.45, 7) is 4.26. The summed E-state index contributed by atoms with van der Waals surface area (Å²) in [6.07, 6.45) is -3.30. The first-order chi connectivity index (χ1) is 13.3. The molecule has 0 radical (unpaired) electrons. The van der Waals surface area contributed by atoms with Gasteiger partial charge >= 0.3 is 6.36 Å². The predicted molar refractivity (Wildman–Crippen MR) is 94.9 cm³/mol. The van der Waals surface area contributed by atoms with Gasteiger partial charge in [-0.2, -0.15) is 5.10 Å². The second-order valence-corrected chi connectivity index (χ2v) is 6.05. The van der Waals surface area contributed by atoms with Crippen LogP contribution < -0.4 is 10.1 Å². The van der Waals surface area contributed by atoms with Crippen LogP contribution in [0.15, 0.2) is 47.1 Å². The van der Waals surface area contributed by atoms with E-state index in [0.717, 1.165) is 23.0 Å². The van der Waals surface area contributed by atoms with E-state index in [2.05, 4.69) is 15.2 Å². The number of nitrogens with zero attached hydrogens (tertiary/aromatic N) is 2. The highest BCUT2D eigenvalue weighted by molar-refractivity contribution is 5.96. The molecule has 0 aliphatic heterocycles. The fourth-order valence-corrected chi connectivity index (χ4v) is 2.93. The standard InChI is InChI=1S/C19H18F3N3O3/c1-12-17(16-8-5-11-27-16)13(2)25(24-12)10-9-23-18(26)14-6-3-4-7-15(14)28-19(20,21)22/h3-8,11H,9-10H2,1-2H3,(H,23,26). The Balaban J connectivity index is 1.67. The van der Waals surface area contributed by atoms with E-state index in [1.54, 1.807) is 17.0 Å². The first-order valence-corrected chi connectivity index (χ1v) is 8.47. The molecule has 2 heterocycles. The molecule has 0 spiro atoms. The number of nitrogens with one attached hydrogen (secondary N) is 1. The van der Waals surface area contributed by atoms with Crippen molar-refractivity contribution in [1.29, 1.82) is 0 Å². The number of carbonyl (C=O) groups excluding carboxylic acids is 1. The molecule has 0 aliphatic carbocycles. The molecule has 1 N–H and O–H groups in total. The summed E-state index contributed by atoms with van der Waals surface area (Å²) in [5, 5.41) is 7.03. The van der Waals surface area contributed by atoms with Gasteiger partial charge in [-0.3, -0.25) is 9.48 Å². The highest BCUT2D eigenvalue weighted by Gasteiger charge is 2.32. The van der Waals surface area contributed by atoms with Gasteiger partial charge in [0.2, 0.25) is 0 Å². The maximum absolute atomic E-state index is 12.5. The Labute approximate surface area is 158 Å². The Bertz CT molecular complexity index is 963. The summed E-state index contributed by atoms with van der Waals surface area (Å²) in [6, 6.07) is 8.82. The predicted octanol–water partition coefficient (Wildman–Crippen LogP) is 4.09. The average Bonchev–Trinajstić information content (AvgIpc) is 3.22. The van der Waals surface area contributed by atoms with Crippen LogP contribution in [0.1, 0.15) is 21.7 Å². The molecule has 0 unspecified atom stereocenters. The van der Waals surface area contributed by atoms with Crippen LogP contribution >= 0.6 is 0 Å². The van der Waals surface area contributed by atoms with Gasteiger partial charge in [-0.15, -0.1) is 13.2 Å². The minimum Gasteiger partial charge on any atom is -0.464 e. The fourth-order valence-electron chi connectivity index (χ4n) is 2.93. The van der Waals surface area contributed by atoms with E-state index in [4.69, 9.17) is 4.42 Å². The SMILES string of the molecule is Cc1nn(CCNC(=O)c2ccccc2OC(F)(F)F)c(C)c1-c1ccco1. The summed E-state index contributed by atoms with van der Waals surface area (Å²) < 4.78 is 48.5. The lowest BCUT2D eigenvalue weighted by Gasteiger charge is -2.13. The molecule has 0 saturated carbocycles. The molecular formula is C19H18F3N3O3. The summed E-state index contributed by atoms with van der Waals surface area (Å²) >= 11 is 0. The first kappa shape index (κ1) is 19.5.